The standard InChI is InChI=1S/C27H30F3N3O8/c1-17(24(37)32-20(13-23(35)36)22(34)15-40-16-27(28,29)30)31-25(38)21(12-18-8-4-2-5-9-18)33-26(39)41-14-19-10-6-3-7-11-19/h2-11,17,20-21H,12-16H2,1H3,(H,31,38)(H,32,37)(H,33,39)(H,35,36)/t17-,20-,21-/m0/s1. The summed E-state index contributed by atoms with van der Waals surface area (Å²) in [4.78, 5) is 61.5. The van der Waals surface area contributed by atoms with E-state index in [1.54, 1.807) is 60.7 Å². The summed E-state index contributed by atoms with van der Waals surface area (Å²) < 4.78 is 46.3. The number of alkyl halides is 3. The normalized spacial score (nSPS) is 13.3. The minimum Gasteiger partial charge on any atom is -0.481 e. The van der Waals surface area contributed by atoms with Crippen molar-refractivity contribution in [3.8, 4) is 0 Å². The largest absolute Gasteiger partial charge is 0.481 e. The highest BCUT2D eigenvalue weighted by molar-refractivity contribution is 5.95. The van der Waals surface area contributed by atoms with E-state index in [9.17, 15) is 37.1 Å². The van der Waals surface area contributed by atoms with Crippen LogP contribution in [0.15, 0.2) is 60.7 Å². The van der Waals surface area contributed by atoms with Crippen molar-refractivity contribution in [2.24, 2.45) is 0 Å². The quantitative estimate of drug-likeness (QED) is 0.249. The van der Waals surface area contributed by atoms with Gasteiger partial charge >= 0.3 is 18.2 Å². The zero-order chi connectivity index (χ0) is 30.4. The second-order valence-electron chi connectivity index (χ2n) is 8.91. The lowest BCUT2D eigenvalue weighted by Gasteiger charge is -2.23. The number of nitrogens with one attached hydrogen (secondary N) is 3. The maximum Gasteiger partial charge on any atom is 0.411 e. The molecule has 0 bridgehead atoms. The van der Waals surface area contributed by atoms with Crippen molar-refractivity contribution in [3.63, 3.8) is 0 Å². The Balaban J connectivity index is 2.03. The summed E-state index contributed by atoms with van der Waals surface area (Å²) >= 11 is 0. The summed E-state index contributed by atoms with van der Waals surface area (Å²) in [5, 5.41) is 16.0. The maximum atomic E-state index is 13.1. The Morgan fingerprint density at radius 3 is 1.98 bits per heavy atom. The first kappa shape index (κ1) is 32.8. The molecule has 14 heteroatoms. The summed E-state index contributed by atoms with van der Waals surface area (Å²) in [6, 6.07) is 13.2. The molecule has 0 heterocycles. The molecule has 3 amide bonds. The smallest absolute Gasteiger partial charge is 0.411 e. The van der Waals surface area contributed by atoms with E-state index in [2.05, 4.69) is 20.7 Å². The number of rotatable bonds is 15. The van der Waals surface area contributed by atoms with Crippen LogP contribution in [-0.4, -0.2) is 72.3 Å². The molecule has 0 saturated heterocycles. The highest BCUT2D eigenvalue weighted by Gasteiger charge is 2.31. The monoisotopic (exact) mass is 581 g/mol. The predicted octanol–water partition coefficient (Wildman–Crippen LogP) is 2.14. The van der Waals surface area contributed by atoms with Crippen molar-refractivity contribution in [2.45, 2.75) is 50.7 Å². The first-order valence-corrected chi connectivity index (χ1v) is 12.3. The van der Waals surface area contributed by atoms with E-state index in [0.29, 0.717) is 11.1 Å². The molecule has 2 aromatic carbocycles. The SMILES string of the molecule is C[C@H](NC(=O)[C@H](Cc1ccccc1)NC(=O)OCc1ccccc1)C(=O)N[C@@H](CC(=O)O)C(=O)COCC(F)(F)F. The lowest BCUT2D eigenvalue weighted by atomic mass is 10.0. The molecular formula is C27H30F3N3O8. The van der Waals surface area contributed by atoms with Gasteiger partial charge in [-0.3, -0.25) is 19.2 Å². The second kappa shape index (κ2) is 16.0. The molecule has 2 rings (SSSR count). The molecular weight excluding hydrogens is 551 g/mol. The van der Waals surface area contributed by atoms with E-state index in [-0.39, 0.29) is 13.0 Å². The van der Waals surface area contributed by atoms with Crippen LogP contribution in [0.25, 0.3) is 0 Å². The fourth-order valence-electron chi connectivity index (χ4n) is 3.43. The van der Waals surface area contributed by atoms with Gasteiger partial charge in [0.15, 0.2) is 5.78 Å². The number of hydrogen-bond donors (Lipinski definition) is 4. The first-order chi connectivity index (χ1) is 19.3. The molecule has 0 fully saturated rings. The lowest BCUT2D eigenvalue weighted by molar-refractivity contribution is -0.176. The second-order valence-corrected chi connectivity index (χ2v) is 8.91. The molecule has 0 radical (unpaired) electrons. The van der Waals surface area contributed by atoms with Gasteiger partial charge in [-0.05, 0) is 18.1 Å². The Labute approximate surface area is 233 Å². The molecule has 0 saturated carbocycles. The Hall–Kier alpha value is -4.46. The van der Waals surface area contributed by atoms with E-state index in [1.165, 1.54) is 6.92 Å². The Morgan fingerprint density at radius 1 is 0.829 bits per heavy atom. The van der Waals surface area contributed by atoms with Crippen LogP contribution in [-0.2, 0) is 41.7 Å². The zero-order valence-corrected chi connectivity index (χ0v) is 22.0. The number of carbonyl (C=O) groups is 5. The predicted molar refractivity (Wildman–Crippen MR) is 137 cm³/mol. The van der Waals surface area contributed by atoms with Gasteiger partial charge in [-0.15, -0.1) is 0 Å². The van der Waals surface area contributed by atoms with Crippen LogP contribution in [0.5, 0.6) is 0 Å². The number of carbonyl (C=O) groups excluding carboxylic acids is 4. The van der Waals surface area contributed by atoms with Crippen LogP contribution in [0, 0.1) is 0 Å². The van der Waals surface area contributed by atoms with E-state index >= 15 is 0 Å². The molecule has 4 N–H and O–H groups in total. The summed E-state index contributed by atoms with van der Waals surface area (Å²) in [6.07, 6.45) is -6.50. The highest BCUT2D eigenvalue weighted by Crippen LogP contribution is 2.14. The van der Waals surface area contributed by atoms with Crippen LogP contribution in [0.4, 0.5) is 18.0 Å². The number of ketones is 1. The van der Waals surface area contributed by atoms with Crippen LogP contribution in [0.2, 0.25) is 0 Å². The minimum atomic E-state index is -4.71. The van der Waals surface area contributed by atoms with Gasteiger partial charge in [-0.1, -0.05) is 60.7 Å². The third kappa shape index (κ3) is 13.0. The van der Waals surface area contributed by atoms with Crippen molar-refractivity contribution in [2.75, 3.05) is 13.2 Å². The number of halogens is 3. The molecule has 0 aliphatic rings. The number of carboxylic acids is 1. The zero-order valence-electron chi connectivity index (χ0n) is 22.0. The van der Waals surface area contributed by atoms with Gasteiger partial charge in [-0.2, -0.15) is 13.2 Å². The van der Waals surface area contributed by atoms with Crippen molar-refractivity contribution in [3.05, 3.63) is 71.8 Å². The van der Waals surface area contributed by atoms with Gasteiger partial charge in [0.1, 0.15) is 37.9 Å². The molecule has 0 aromatic heterocycles. The van der Waals surface area contributed by atoms with E-state index in [4.69, 9.17) is 9.84 Å². The number of ether oxygens (including phenoxy) is 2. The van der Waals surface area contributed by atoms with Crippen molar-refractivity contribution in [1.29, 1.82) is 0 Å². The van der Waals surface area contributed by atoms with Crippen molar-refractivity contribution < 1.29 is 51.7 Å². The van der Waals surface area contributed by atoms with E-state index < -0.39 is 73.6 Å². The van der Waals surface area contributed by atoms with Crippen molar-refractivity contribution in [1.82, 2.24) is 16.0 Å². The number of Topliss-reactive ketones (excluding diaryl/α,β-unsaturated/α-hetero) is 1. The molecule has 222 valence electrons. The number of aliphatic carboxylic acids is 1. The third-order valence-corrected chi connectivity index (χ3v) is 5.45. The average Bonchev–Trinajstić information content (AvgIpc) is 2.91. The number of benzene rings is 2. The Bertz CT molecular complexity index is 1180. The number of amides is 3. The summed E-state index contributed by atoms with van der Waals surface area (Å²) in [7, 11) is 0. The highest BCUT2D eigenvalue weighted by atomic mass is 19.4. The van der Waals surface area contributed by atoms with Gasteiger partial charge in [-0.25, -0.2) is 4.79 Å². The topological polar surface area (TPSA) is 160 Å². The molecule has 0 aliphatic heterocycles. The summed E-state index contributed by atoms with van der Waals surface area (Å²) in [5.41, 5.74) is 1.39. The lowest BCUT2D eigenvalue weighted by Crippen LogP contribution is -2.55. The summed E-state index contributed by atoms with van der Waals surface area (Å²) in [6.45, 7) is -1.64. The molecule has 41 heavy (non-hydrogen) atoms. The molecule has 0 spiro atoms. The molecule has 0 aliphatic carbocycles. The van der Waals surface area contributed by atoms with E-state index in [0.717, 1.165) is 0 Å². The van der Waals surface area contributed by atoms with Gasteiger partial charge in [0, 0.05) is 6.42 Å². The van der Waals surface area contributed by atoms with Crippen LogP contribution < -0.4 is 16.0 Å². The van der Waals surface area contributed by atoms with E-state index in [1.807, 2.05) is 0 Å². The summed E-state index contributed by atoms with van der Waals surface area (Å²) in [5.74, 6) is -4.38. The molecule has 0 unspecified atom stereocenters. The first-order valence-electron chi connectivity index (χ1n) is 12.3. The Kier molecular flexibility index (Phi) is 12.7. The Morgan fingerprint density at radius 2 is 1.41 bits per heavy atom. The van der Waals surface area contributed by atoms with Gasteiger partial charge in [0.25, 0.3) is 0 Å². The van der Waals surface area contributed by atoms with Crippen LogP contribution in [0.3, 0.4) is 0 Å². The number of hydrogen-bond acceptors (Lipinski definition) is 7. The van der Waals surface area contributed by atoms with Gasteiger partial charge in [0.05, 0.1) is 6.42 Å². The van der Waals surface area contributed by atoms with Crippen LogP contribution >= 0.6 is 0 Å². The van der Waals surface area contributed by atoms with Crippen LogP contribution in [0.1, 0.15) is 24.5 Å². The third-order valence-electron chi connectivity index (χ3n) is 5.45. The average molecular weight is 582 g/mol. The number of alkyl carbamates (subject to hydrolysis) is 1. The fourth-order valence-corrected chi connectivity index (χ4v) is 3.43. The molecule has 11 nitrogen and oxygen atoms in total. The van der Waals surface area contributed by atoms with Gasteiger partial charge in [0.2, 0.25) is 11.8 Å². The van der Waals surface area contributed by atoms with Crippen molar-refractivity contribution >= 4 is 29.7 Å². The molecule has 2 aromatic rings. The maximum absolute atomic E-state index is 13.1. The minimum absolute atomic E-state index is 0.0259. The van der Waals surface area contributed by atoms with Gasteiger partial charge < -0.3 is 30.5 Å². The molecule has 3 atom stereocenters. The number of carboxylic acid groups (broad SMARTS) is 1. The fraction of sp³-hybridized carbons (Fsp3) is 0.370.